The highest BCUT2D eigenvalue weighted by Gasteiger charge is 2.43. The highest BCUT2D eigenvalue weighted by Crippen LogP contribution is 2.31. The molecule has 1 aliphatic rings. The second-order valence-electron chi connectivity index (χ2n) is 10.7. The van der Waals surface area contributed by atoms with Gasteiger partial charge in [-0.05, 0) is 17.5 Å². The van der Waals surface area contributed by atoms with E-state index >= 15 is 0 Å². The Kier molecular flexibility index (Phi) is 11.5. The monoisotopic (exact) mass is 654 g/mol. The maximum Gasteiger partial charge on any atom is 0.303 e. The molecule has 0 saturated carbocycles. The van der Waals surface area contributed by atoms with Crippen LogP contribution in [0, 0.1) is 5.92 Å². The third-order valence-corrected chi connectivity index (χ3v) is 7.39. The Morgan fingerprint density at radius 1 is 0.979 bits per heavy atom. The SMILES string of the molecule is CCC(C)C(NC(=O)CCC(=O)O)C(=O)NC(CC(=O)NCc1nn[nH]n1)C(=O)N1c2ncccc2C[C@H]1C(=O)NCc1nn[nH]n1. The number of amides is 5. The fourth-order valence-corrected chi connectivity index (χ4v) is 4.75. The number of tetrazole rings is 2. The molecule has 0 aromatic carbocycles. The van der Waals surface area contributed by atoms with Crippen molar-refractivity contribution in [3.63, 3.8) is 0 Å². The third kappa shape index (κ3) is 9.08. The summed E-state index contributed by atoms with van der Waals surface area (Å²) in [5.74, 6) is -4.60. The molecule has 250 valence electrons. The molecule has 4 atom stereocenters. The van der Waals surface area contributed by atoms with Gasteiger partial charge in [-0.25, -0.2) is 4.98 Å². The van der Waals surface area contributed by atoms with Crippen molar-refractivity contribution in [3.8, 4) is 0 Å². The molecule has 0 radical (unpaired) electrons. The van der Waals surface area contributed by atoms with Gasteiger partial charge in [0.15, 0.2) is 11.6 Å². The molecule has 0 spiro atoms. The van der Waals surface area contributed by atoms with E-state index in [2.05, 4.69) is 67.5 Å². The van der Waals surface area contributed by atoms with Crippen LogP contribution in [-0.2, 0) is 48.3 Å². The van der Waals surface area contributed by atoms with Crippen LogP contribution in [0.4, 0.5) is 5.82 Å². The van der Waals surface area contributed by atoms with Crippen molar-refractivity contribution in [3.05, 3.63) is 35.5 Å². The number of nitrogens with zero attached hydrogens (tertiary/aromatic N) is 8. The molecule has 47 heavy (non-hydrogen) atoms. The lowest BCUT2D eigenvalue weighted by Gasteiger charge is -2.30. The number of hydrogen-bond donors (Lipinski definition) is 7. The number of anilines is 1. The smallest absolute Gasteiger partial charge is 0.303 e. The highest BCUT2D eigenvalue weighted by molar-refractivity contribution is 6.07. The Bertz CT molecular complexity index is 1570. The molecule has 0 bridgehead atoms. The Balaban J connectivity index is 1.59. The molecular formula is C26H34N14O7. The van der Waals surface area contributed by atoms with Crippen LogP contribution in [0.15, 0.2) is 18.3 Å². The summed E-state index contributed by atoms with van der Waals surface area (Å²) in [5, 5.41) is 45.8. The molecule has 7 N–H and O–H groups in total. The molecule has 21 heteroatoms. The molecule has 3 aromatic rings. The second kappa shape index (κ2) is 15.9. The van der Waals surface area contributed by atoms with E-state index < -0.39 is 72.4 Å². The van der Waals surface area contributed by atoms with Gasteiger partial charge in [0.1, 0.15) is 23.9 Å². The van der Waals surface area contributed by atoms with E-state index in [0.29, 0.717) is 12.0 Å². The Labute approximate surface area is 266 Å². The number of aliphatic carboxylic acids is 1. The lowest BCUT2D eigenvalue weighted by molar-refractivity contribution is -0.139. The van der Waals surface area contributed by atoms with Gasteiger partial charge < -0.3 is 26.4 Å². The summed E-state index contributed by atoms with van der Waals surface area (Å²) in [6.45, 7) is 3.26. The zero-order valence-corrected chi connectivity index (χ0v) is 25.5. The average Bonchev–Trinajstić information content (AvgIpc) is 3.85. The van der Waals surface area contributed by atoms with Crippen LogP contribution in [0.2, 0.25) is 0 Å². The van der Waals surface area contributed by atoms with Crippen molar-refractivity contribution >= 4 is 41.3 Å². The maximum atomic E-state index is 14.3. The van der Waals surface area contributed by atoms with E-state index in [9.17, 15) is 28.8 Å². The first-order chi connectivity index (χ1) is 22.6. The van der Waals surface area contributed by atoms with Crippen molar-refractivity contribution in [2.24, 2.45) is 5.92 Å². The topological polar surface area (TPSA) is 296 Å². The van der Waals surface area contributed by atoms with Gasteiger partial charge >= 0.3 is 5.97 Å². The lowest BCUT2D eigenvalue weighted by atomic mass is 9.97. The molecule has 0 aliphatic carbocycles. The molecule has 4 rings (SSSR count). The van der Waals surface area contributed by atoms with E-state index in [1.165, 1.54) is 6.20 Å². The number of carbonyl (C=O) groups excluding carboxylic acids is 5. The minimum atomic E-state index is -1.53. The van der Waals surface area contributed by atoms with Crippen LogP contribution in [0.5, 0.6) is 0 Å². The van der Waals surface area contributed by atoms with Crippen LogP contribution >= 0.6 is 0 Å². The third-order valence-electron chi connectivity index (χ3n) is 7.39. The molecule has 3 unspecified atom stereocenters. The van der Waals surface area contributed by atoms with Crippen LogP contribution in [0.3, 0.4) is 0 Å². The Hall–Kier alpha value is -5.89. The van der Waals surface area contributed by atoms with E-state index in [1.54, 1.807) is 26.0 Å². The summed E-state index contributed by atoms with van der Waals surface area (Å²) in [5.41, 5.74) is 0.579. The van der Waals surface area contributed by atoms with Gasteiger partial charge in [-0.2, -0.15) is 10.4 Å². The molecule has 5 amide bonds. The number of aromatic nitrogens is 9. The van der Waals surface area contributed by atoms with Crippen molar-refractivity contribution in [2.75, 3.05) is 4.90 Å². The summed E-state index contributed by atoms with van der Waals surface area (Å²) in [7, 11) is 0. The summed E-state index contributed by atoms with van der Waals surface area (Å²) < 4.78 is 0. The average molecular weight is 655 g/mol. The number of carbonyl (C=O) groups is 6. The number of fused-ring (bicyclic) bond motifs is 1. The van der Waals surface area contributed by atoms with E-state index in [-0.39, 0.29) is 43.4 Å². The predicted molar refractivity (Wildman–Crippen MR) is 156 cm³/mol. The van der Waals surface area contributed by atoms with Crippen molar-refractivity contribution < 1.29 is 33.9 Å². The van der Waals surface area contributed by atoms with Crippen molar-refractivity contribution in [1.29, 1.82) is 0 Å². The molecule has 1 aliphatic heterocycles. The normalized spacial score (nSPS) is 15.5. The van der Waals surface area contributed by atoms with Crippen LogP contribution in [-0.4, -0.2) is 105 Å². The van der Waals surface area contributed by atoms with E-state index in [1.807, 2.05) is 0 Å². The summed E-state index contributed by atoms with van der Waals surface area (Å²) in [6.07, 6.45) is 0.584. The molecule has 0 saturated heterocycles. The van der Waals surface area contributed by atoms with Gasteiger partial charge in [0, 0.05) is 19.0 Å². The summed E-state index contributed by atoms with van der Waals surface area (Å²) in [6, 6.07) is -0.462. The van der Waals surface area contributed by atoms with Crippen LogP contribution in [0.1, 0.15) is 56.7 Å². The second-order valence-corrected chi connectivity index (χ2v) is 10.7. The van der Waals surface area contributed by atoms with Gasteiger partial charge in [-0.15, -0.1) is 20.4 Å². The summed E-state index contributed by atoms with van der Waals surface area (Å²) in [4.78, 5) is 83.3. The van der Waals surface area contributed by atoms with Gasteiger partial charge in [0.2, 0.25) is 23.6 Å². The molecular weight excluding hydrogens is 620 g/mol. The molecule has 4 heterocycles. The number of aromatic amines is 2. The first kappa shape index (κ1) is 34.0. The quantitative estimate of drug-likeness (QED) is 0.0825. The van der Waals surface area contributed by atoms with Gasteiger partial charge in [-0.3, -0.25) is 33.7 Å². The molecule has 0 fully saturated rings. The number of H-pyrrole nitrogens is 2. The van der Waals surface area contributed by atoms with Gasteiger partial charge in [0.05, 0.1) is 25.9 Å². The summed E-state index contributed by atoms with van der Waals surface area (Å²) >= 11 is 0. The highest BCUT2D eigenvalue weighted by atomic mass is 16.4. The number of carboxylic acids is 1. The fourth-order valence-electron chi connectivity index (χ4n) is 4.75. The zero-order chi connectivity index (χ0) is 33.9. The van der Waals surface area contributed by atoms with Crippen molar-refractivity contribution in [1.82, 2.24) is 67.5 Å². The zero-order valence-electron chi connectivity index (χ0n) is 25.5. The number of carboxylic acid groups (broad SMARTS) is 1. The number of rotatable bonds is 16. The number of hydrogen-bond acceptors (Lipinski definition) is 13. The predicted octanol–water partition coefficient (Wildman–Crippen LogP) is -2.73. The fraction of sp³-hybridized carbons (Fsp3) is 0.500. The molecule has 3 aromatic heterocycles. The van der Waals surface area contributed by atoms with Crippen molar-refractivity contribution in [2.45, 2.75) is 77.2 Å². The van der Waals surface area contributed by atoms with Crippen LogP contribution in [0.25, 0.3) is 0 Å². The first-order valence-electron chi connectivity index (χ1n) is 14.6. The Morgan fingerprint density at radius 3 is 2.28 bits per heavy atom. The molecule has 21 nitrogen and oxygen atoms in total. The Morgan fingerprint density at radius 2 is 1.66 bits per heavy atom. The standard InChI is InChI=1S/C26H34N14O7/c1-3-13(2)22(31-19(41)6-7-21(43)44)25(46)30-15(10-20(42)28-11-17-32-36-37-33-17)26(47)40-16(9-14-5-4-8-27-23(14)40)24(45)29-12-18-34-38-39-35-18/h4-5,8,13,15-16,22H,3,6-7,9-12H2,1-2H3,(H,28,42)(H,29,45)(H,30,46)(H,31,41)(H,43,44)(H,32,33,36,37)(H,34,35,38,39)/t13?,15?,16-,22?/m0/s1. The van der Waals surface area contributed by atoms with Gasteiger partial charge in [0.25, 0.3) is 5.91 Å². The van der Waals surface area contributed by atoms with Gasteiger partial charge in [-0.1, -0.05) is 36.8 Å². The first-order valence-corrected chi connectivity index (χ1v) is 14.6. The maximum absolute atomic E-state index is 14.3. The number of nitrogens with one attached hydrogen (secondary N) is 6. The van der Waals surface area contributed by atoms with Crippen LogP contribution < -0.4 is 26.2 Å². The minimum Gasteiger partial charge on any atom is -0.481 e. The largest absolute Gasteiger partial charge is 0.481 e. The minimum absolute atomic E-state index is 0.0888. The number of pyridine rings is 1. The van der Waals surface area contributed by atoms with E-state index in [0.717, 1.165) is 4.90 Å². The van der Waals surface area contributed by atoms with E-state index in [4.69, 9.17) is 5.11 Å². The lowest BCUT2D eigenvalue weighted by Crippen LogP contribution is -2.59.